The van der Waals surface area contributed by atoms with Crippen molar-refractivity contribution in [3.8, 4) is 0 Å². The van der Waals surface area contributed by atoms with Crippen molar-refractivity contribution in [3.63, 3.8) is 0 Å². The number of hydrogen-bond acceptors (Lipinski definition) is 2. The van der Waals surface area contributed by atoms with Crippen LogP contribution in [0.15, 0.2) is 48.2 Å². The van der Waals surface area contributed by atoms with Crippen LogP contribution in [0.25, 0.3) is 5.57 Å². The highest BCUT2D eigenvalue weighted by molar-refractivity contribution is 5.78. The highest BCUT2D eigenvalue weighted by atomic mass is 19.1. The zero-order valence-corrected chi connectivity index (χ0v) is 16.8. The Kier molecular flexibility index (Phi) is 4.67. The Morgan fingerprint density at radius 1 is 1.19 bits per heavy atom. The molecular formula is C24H29FN2. The molecule has 0 amide bonds. The molecule has 2 heterocycles. The van der Waals surface area contributed by atoms with Gasteiger partial charge in [-0.15, -0.1) is 0 Å². The van der Waals surface area contributed by atoms with Crippen LogP contribution in [0.5, 0.6) is 0 Å². The number of fused-ring (bicyclic) bond motifs is 2. The minimum absolute atomic E-state index is 0.101. The summed E-state index contributed by atoms with van der Waals surface area (Å²) in [5.74, 6) is 0. The zero-order chi connectivity index (χ0) is 19.2. The van der Waals surface area contributed by atoms with Crippen molar-refractivity contribution in [2.75, 3.05) is 6.54 Å². The van der Waals surface area contributed by atoms with Gasteiger partial charge in [-0.2, -0.15) is 0 Å². The predicted molar refractivity (Wildman–Crippen MR) is 109 cm³/mol. The van der Waals surface area contributed by atoms with Crippen LogP contribution in [-0.4, -0.2) is 28.1 Å². The molecule has 1 aliphatic heterocycles. The highest BCUT2D eigenvalue weighted by Gasteiger charge is 2.40. The second kappa shape index (κ2) is 6.87. The van der Waals surface area contributed by atoms with Crippen LogP contribution in [0.3, 0.4) is 0 Å². The molecule has 0 radical (unpaired) electrons. The van der Waals surface area contributed by atoms with E-state index in [0.717, 1.165) is 25.0 Å². The fourth-order valence-electron chi connectivity index (χ4n) is 4.70. The zero-order valence-electron chi connectivity index (χ0n) is 16.8. The smallest absolute Gasteiger partial charge is 0.118 e. The standard InChI is InChI=1S/C24H29FN2/c1-5-19-11-10-18(14-26-19)23-22-13-17-8-6-7-9-20(17)21(22)12-16(2)27(23)15-24(3,4)25/h6-11,14,16,23H,5,12-13,15H2,1-4H3/t16-,23-/m1/s1. The largest absolute Gasteiger partial charge is 0.286 e. The maximum Gasteiger partial charge on any atom is 0.118 e. The van der Waals surface area contributed by atoms with Crippen LogP contribution >= 0.6 is 0 Å². The first-order chi connectivity index (χ1) is 12.9. The molecule has 2 aromatic rings. The molecule has 0 saturated carbocycles. The van der Waals surface area contributed by atoms with E-state index in [2.05, 4.69) is 60.1 Å². The van der Waals surface area contributed by atoms with Crippen LogP contribution in [0.1, 0.15) is 62.5 Å². The third-order valence-corrected chi connectivity index (χ3v) is 5.92. The Bertz CT molecular complexity index is 861. The number of rotatable bonds is 4. The van der Waals surface area contributed by atoms with Gasteiger partial charge in [0.2, 0.25) is 0 Å². The van der Waals surface area contributed by atoms with E-state index in [-0.39, 0.29) is 6.04 Å². The van der Waals surface area contributed by atoms with E-state index in [1.807, 2.05) is 6.20 Å². The molecule has 0 spiro atoms. The molecule has 1 aromatic heterocycles. The van der Waals surface area contributed by atoms with Crippen LogP contribution < -0.4 is 0 Å². The molecule has 27 heavy (non-hydrogen) atoms. The number of nitrogens with zero attached hydrogens (tertiary/aromatic N) is 2. The second-order valence-electron chi connectivity index (χ2n) is 8.62. The van der Waals surface area contributed by atoms with Crippen molar-refractivity contribution < 1.29 is 4.39 Å². The van der Waals surface area contributed by atoms with Crippen LogP contribution in [-0.2, 0) is 12.8 Å². The van der Waals surface area contributed by atoms with Crippen molar-refractivity contribution in [2.45, 2.75) is 64.7 Å². The molecule has 2 nitrogen and oxygen atoms in total. The average Bonchev–Trinajstić information content (AvgIpc) is 2.99. The Balaban J connectivity index is 1.81. The van der Waals surface area contributed by atoms with Crippen molar-refractivity contribution in [1.29, 1.82) is 0 Å². The number of aromatic nitrogens is 1. The van der Waals surface area contributed by atoms with E-state index in [9.17, 15) is 4.39 Å². The van der Waals surface area contributed by atoms with E-state index in [4.69, 9.17) is 0 Å². The Labute approximate surface area is 162 Å². The van der Waals surface area contributed by atoms with E-state index in [1.165, 1.54) is 27.8 Å². The van der Waals surface area contributed by atoms with Gasteiger partial charge in [0, 0.05) is 24.5 Å². The summed E-state index contributed by atoms with van der Waals surface area (Å²) in [5, 5.41) is 0. The van der Waals surface area contributed by atoms with Gasteiger partial charge in [0.1, 0.15) is 5.67 Å². The average molecular weight is 365 g/mol. The van der Waals surface area contributed by atoms with Gasteiger partial charge in [-0.05, 0) is 73.9 Å². The summed E-state index contributed by atoms with van der Waals surface area (Å²) < 4.78 is 14.7. The quantitative estimate of drug-likeness (QED) is 0.708. The Morgan fingerprint density at radius 3 is 2.63 bits per heavy atom. The lowest BCUT2D eigenvalue weighted by Crippen LogP contribution is -2.46. The summed E-state index contributed by atoms with van der Waals surface area (Å²) >= 11 is 0. The molecule has 2 atom stereocenters. The number of aryl methyl sites for hydroxylation is 1. The first-order valence-corrected chi connectivity index (χ1v) is 10.1. The van der Waals surface area contributed by atoms with Crippen molar-refractivity contribution >= 4 is 5.57 Å². The number of alkyl halides is 1. The fraction of sp³-hybridized carbons (Fsp3) is 0.458. The molecule has 0 N–H and O–H groups in total. The second-order valence-corrected chi connectivity index (χ2v) is 8.62. The molecule has 1 aliphatic carbocycles. The number of halogens is 1. The third-order valence-electron chi connectivity index (χ3n) is 5.92. The molecule has 3 heteroatoms. The summed E-state index contributed by atoms with van der Waals surface area (Å²) in [7, 11) is 0. The molecule has 0 bridgehead atoms. The maximum atomic E-state index is 14.7. The minimum atomic E-state index is -1.23. The van der Waals surface area contributed by atoms with Crippen LogP contribution in [0.2, 0.25) is 0 Å². The minimum Gasteiger partial charge on any atom is -0.286 e. The molecular weight excluding hydrogens is 335 g/mol. The SMILES string of the molecule is CCc1ccc([C@@H]2C3=C(C[C@@H](C)N2CC(C)(C)F)c2ccccc2C3)cn1. The van der Waals surface area contributed by atoms with E-state index in [1.54, 1.807) is 13.8 Å². The molecule has 2 aliphatic rings. The molecule has 0 fully saturated rings. The first-order valence-electron chi connectivity index (χ1n) is 10.1. The Morgan fingerprint density at radius 2 is 1.96 bits per heavy atom. The van der Waals surface area contributed by atoms with Gasteiger partial charge in [-0.25, -0.2) is 4.39 Å². The number of pyridine rings is 1. The molecule has 4 rings (SSSR count). The van der Waals surface area contributed by atoms with Gasteiger partial charge in [0.25, 0.3) is 0 Å². The molecule has 1 aromatic carbocycles. The summed E-state index contributed by atoms with van der Waals surface area (Å²) in [5.41, 5.74) is 6.75. The predicted octanol–water partition coefficient (Wildman–Crippen LogP) is 5.54. The van der Waals surface area contributed by atoms with Gasteiger partial charge in [0.15, 0.2) is 0 Å². The number of benzene rings is 1. The highest BCUT2D eigenvalue weighted by Crippen LogP contribution is 2.48. The lowest BCUT2D eigenvalue weighted by molar-refractivity contribution is 0.0701. The lowest BCUT2D eigenvalue weighted by Gasteiger charge is -2.44. The summed E-state index contributed by atoms with van der Waals surface area (Å²) in [6, 6.07) is 13.4. The number of hydrogen-bond donors (Lipinski definition) is 0. The van der Waals surface area contributed by atoms with E-state index in [0.29, 0.717) is 12.6 Å². The lowest BCUT2D eigenvalue weighted by atomic mass is 9.85. The van der Waals surface area contributed by atoms with Crippen LogP contribution in [0.4, 0.5) is 4.39 Å². The van der Waals surface area contributed by atoms with Gasteiger partial charge in [-0.3, -0.25) is 9.88 Å². The van der Waals surface area contributed by atoms with Gasteiger partial charge in [-0.1, -0.05) is 37.3 Å². The van der Waals surface area contributed by atoms with Gasteiger partial charge in [0.05, 0.1) is 6.04 Å². The third kappa shape index (κ3) is 3.45. The summed E-state index contributed by atoms with van der Waals surface area (Å²) in [6.07, 6.45) is 4.89. The van der Waals surface area contributed by atoms with Crippen molar-refractivity contribution in [1.82, 2.24) is 9.88 Å². The summed E-state index contributed by atoms with van der Waals surface area (Å²) in [6.45, 7) is 8.15. The van der Waals surface area contributed by atoms with Crippen molar-refractivity contribution in [2.24, 2.45) is 0 Å². The summed E-state index contributed by atoms with van der Waals surface area (Å²) in [4.78, 5) is 7.00. The normalized spacial score (nSPS) is 22.7. The molecule has 142 valence electrons. The van der Waals surface area contributed by atoms with Crippen molar-refractivity contribution in [3.05, 3.63) is 70.6 Å². The topological polar surface area (TPSA) is 16.1 Å². The van der Waals surface area contributed by atoms with E-state index >= 15 is 0 Å². The fourth-order valence-corrected chi connectivity index (χ4v) is 4.70. The molecule has 0 unspecified atom stereocenters. The van der Waals surface area contributed by atoms with Gasteiger partial charge >= 0.3 is 0 Å². The first kappa shape index (κ1) is 18.4. The monoisotopic (exact) mass is 364 g/mol. The Hall–Kier alpha value is -2.00. The maximum absolute atomic E-state index is 14.7. The van der Waals surface area contributed by atoms with E-state index < -0.39 is 5.67 Å². The van der Waals surface area contributed by atoms with Crippen LogP contribution in [0, 0.1) is 0 Å². The molecule has 0 saturated heterocycles. The van der Waals surface area contributed by atoms with Gasteiger partial charge < -0.3 is 0 Å².